The maximum Gasteiger partial charge on any atom is 0.0455 e. The Bertz CT molecular complexity index is 442. The Morgan fingerprint density at radius 3 is 2.83 bits per heavy atom. The predicted molar refractivity (Wildman–Crippen MR) is 77.5 cm³/mol. The molecule has 2 aliphatic rings. The third-order valence-electron chi connectivity index (χ3n) is 4.34. The van der Waals surface area contributed by atoms with Crippen LogP contribution in [-0.4, -0.2) is 25.2 Å². The van der Waals surface area contributed by atoms with Gasteiger partial charge in [-0.3, -0.25) is 0 Å². The van der Waals surface area contributed by atoms with Gasteiger partial charge in [-0.1, -0.05) is 17.7 Å². The second-order valence-electron chi connectivity index (χ2n) is 5.74. The number of hydrogen-bond donors (Lipinski definition) is 1. The highest BCUT2D eigenvalue weighted by molar-refractivity contribution is 6.31. The van der Waals surface area contributed by atoms with Gasteiger partial charge in [-0.2, -0.15) is 0 Å². The van der Waals surface area contributed by atoms with Crippen LogP contribution in [0.2, 0.25) is 5.02 Å². The van der Waals surface area contributed by atoms with E-state index in [9.17, 15) is 0 Å². The molecular weight excluding hydrogens is 244 g/mol. The predicted octanol–water partition coefficient (Wildman–Crippen LogP) is 3.23. The molecule has 1 aliphatic heterocycles. The molecule has 0 aromatic heterocycles. The van der Waals surface area contributed by atoms with Crippen LogP contribution in [0.15, 0.2) is 18.2 Å². The number of anilines is 1. The molecule has 2 fully saturated rings. The molecule has 3 heteroatoms. The average Bonchev–Trinajstić information content (AvgIpc) is 3.18. The van der Waals surface area contributed by atoms with Crippen molar-refractivity contribution >= 4 is 17.3 Å². The minimum atomic E-state index is 0.539. The van der Waals surface area contributed by atoms with Crippen LogP contribution in [0.25, 0.3) is 0 Å². The van der Waals surface area contributed by atoms with Crippen molar-refractivity contribution in [1.82, 2.24) is 5.32 Å². The minimum absolute atomic E-state index is 0.539. The van der Waals surface area contributed by atoms with E-state index in [1.165, 1.54) is 24.1 Å². The quantitative estimate of drug-likeness (QED) is 0.882. The Balaban J connectivity index is 1.86. The molecule has 0 radical (unpaired) electrons. The Kier molecular flexibility index (Phi) is 3.25. The molecule has 2 nitrogen and oxygen atoms in total. The van der Waals surface area contributed by atoms with Crippen molar-refractivity contribution in [2.45, 2.75) is 38.8 Å². The number of nitrogens with zero attached hydrogens (tertiary/aromatic N) is 1. The standard InChI is InChI=1S/C15H21ClN2/c1-10-8-17-14(12-6-7-12)9-18(10)15-5-3-4-13(16)11(15)2/h3-5,10,12,14,17H,6-9H2,1-2H3. The summed E-state index contributed by atoms with van der Waals surface area (Å²) in [6.45, 7) is 6.61. The molecule has 98 valence electrons. The van der Waals surface area contributed by atoms with Crippen molar-refractivity contribution in [2.24, 2.45) is 5.92 Å². The second kappa shape index (κ2) is 4.75. The van der Waals surface area contributed by atoms with Crippen LogP contribution >= 0.6 is 11.6 Å². The fraction of sp³-hybridized carbons (Fsp3) is 0.600. The smallest absolute Gasteiger partial charge is 0.0455 e. The van der Waals surface area contributed by atoms with Crippen LogP contribution < -0.4 is 10.2 Å². The lowest BCUT2D eigenvalue weighted by molar-refractivity contribution is 0.375. The molecule has 3 rings (SSSR count). The van der Waals surface area contributed by atoms with Gasteiger partial charge in [0.15, 0.2) is 0 Å². The van der Waals surface area contributed by atoms with Gasteiger partial charge < -0.3 is 10.2 Å². The highest BCUT2D eigenvalue weighted by atomic mass is 35.5. The molecule has 0 bridgehead atoms. The molecule has 1 heterocycles. The van der Waals surface area contributed by atoms with Gasteiger partial charge in [-0.05, 0) is 50.3 Å². The van der Waals surface area contributed by atoms with Crippen molar-refractivity contribution in [3.63, 3.8) is 0 Å². The summed E-state index contributed by atoms with van der Waals surface area (Å²) in [5.41, 5.74) is 2.52. The SMILES string of the molecule is Cc1c(Cl)cccc1N1CC(C2CC2)NCC1C. The highest BCUT2D eigenvalue weighted by Gasteiger charge is 2.36. The summed E-state index contributed by atoms with van der Waals surface area (Å²) < 4.78 is 0. The lowest BCUT2D eigenvalue weighted by atomic mass is 10.0. The van der Waals surface area contributed by atoms with Gasteiger partial charge in [0, 0.05) is 35.9 Å². The van der Waals surface area contributed by atoms with E-state index in [1.807, 2.05) is 6.07 Å². The van der Waals surface area contributed by atoms with E-state index in [4.69, 9.17) is 11.6 Å². The first-order valence-corrected chi connectivity index (χ1v) is 7.29. The largest absolute Gasteiger partial charge is 0.366 e. The van der Waals surface area contributed by atoms with E-state index < -0.39 is 0 Å². The summed E-state index contributed by atoms with van der Waals surface area (Å²) in [5.74, 6) is 0.902. The van der Waals surface area contributed by atoms with Crippen molar-refractivity contribution < 1.29 is 0 Å². The Morgan fingerprint density at radius 2 is 2.11 bits per heavy atom. The van der Waals surface area contributed by atoms with Gasteiger partial charge >= 0.3 is 0 Å². The Hall–Kier alpha value is -0.730. The first-order valence-electron chi connectivity index (χ1n) is 6.92. The molecule has 1 aromatic rings. The van der Waals surface area contributed by atoms with Gasteiger partial charge in [0.2, 0.25) is 0 Å². The maximum absolute atomic E-state index is 6.25. The third-order valence-corrected chi connectivity index (χ3v) is 4.75. The number of rotatable bonds is 2. The van der Waals surface area contributed by atoms with E-state index in [0.717, 1.165) is 24.0 Å². The van der Waals surface area contributed by atoms with Crippen molar-refractivity contribution in [3.8, 4) is 0 Å². The summed E-state index contributed by atoms with van der Waals surface area (Å²) in [5, 5.41) is 4.57. The molecule has 1 saturated carbocycles. The van der Waals surface area contributed by atoms with Crippen LogP contribution in [0.4, 0.5) is 5.69 Å². The number of benzene rings is 1. The molecule has 1 aliphatic carbocycles. The lowest BCUT2D eigenvalue weighted by Gasteiger charge is -2.41. The lowest BCUT2D eigenvalue weighted by Crippen LogP contribution is -2.56. The Labute approximate surface area is 114 Å². The maximum atomic E-state index is 6.25. The van der Waals surface area contributed by atoms with Crippen LogP contribution in [-0.2, 0) is 0 Å². The van der Waals surface area contributed by atoms with Crippen molar-refractivity contribution in [3.05, 3.63) is 28.8 Å². The number of halogens is 1. The number of piperazine rings is 1. The molecule has 0 amide bonds. The summed E-state index contributed by atoms with van der Waals surface area (Å²) in [7, 11) is 0. The van der Waals surface area contributed by atoms with Gasteiger partial charge in [-0.15, -0.1) is 0 Å². The summed E-state index contributed by atoms with van der Waals surface area (Å²) in [6.07, 6.45) is 2.79. The van der Waals surface area contributed by atoms with Gasteiger partial charge in [0.25, 0.3) is 0 Å². The zero-order valence-corrected chi connectivity index (χ0v) is 11.9. The molecule has 2 atom stereocenters. The van der Waals surface area contributed by atoms with Crippen LogP contribution in [0.5, 0.6) is 0 Å². The van der Waals surface area contributed by atoms with E-state index in [2.05, 4.69) is 36.2 Å². The van der Waals surface area contributed by atoms with E-state index in [0.29, 0.717) is 12.1 Å². The van der Waals surface area contributed by atoms with Crippen LogP contribution in [0.1, 0.15) is 25.3 Å². The van der Waals surface area contributed by atoms with E-state index in [1.54, 1.807) is 0 Å². The molecule has 1 saturated heterocycles. The number of hydrogen-bond acceptors (Lipinski definition) is 2. The van der Waals surface area contributed by atoms with Crippen molar-refractivity contribution in [1.29, 1.82) is 0 Å². The number of nitrogens with one attached hydrogen (secondary N) is 1. The summed E-state index contributed by atoms with van der Waals surface area (Å²) in [6, 6.07) is 7.45. The fourth-order valence-corrected chi connectivity index (χ4v) is 3.12. The Morgan fingerprint density at radius 1 is 1.33 bits per heavy atom. The first-order chi connectivity index (χ1) is 8.66. The van der Waals surface area contributed by atoms with Gasteiger partial charge in [0.1, 0.15) is 0 Å². The fourth-order valence-electron chi connectivity index (χ4n) is 2.95. The normalized spacial score (nSPS) is 28.5. The second-order valence-corrected chi connectivity index (χ2v) is 6.14. The van der Waals surface area contributed by atoms with Gasteiger partial charge in [0.05, 0.1) is 0 Å². The molecule has 18 heavy (non-hydrogen) atoms. The summed E-state index contributed by atoms with van der Waals surface area (Å²) in [4.78, 5) is 2.53. The third kappa shape index (κ3) is 2.24. The summed E-state index contributed by atoms with van der Waals surface area (Å²) >= 11 is 6.25. The zero-order chi connectivity index (χ0) is 12.7. The molecule has 0 spiro atoms. The van der Waals surface area contributed by atoms with E-state index >= 15 is 0 Å². The first kappa shape index (κ1) is 12.3. The zero-order valence-electron chi connectivity index (χ0n) is 11.1. The average molecular weight is 265 g/mol. The molecular formula is C15H21ClN2. The van der Waals surface area contributed by atoms with Crippen molar-refractivity contribution in [2.75, 3.05) is 18.0 Å². The van der Waals surface area contributed by atoms with Crippen LogP contribution in [0, 0.1) is 12.8 Å². The minimum Gasteiger partial charge on any atom is -0.366 e. The monoisotopic (exact) mass is 264 g/mol. The van der Waals surface area contributed by atoms with Gasteiger partial charge in [-0.25, -0.2) is 0 Å². The van der Waals surface area contributed by atoms with Crippen LogP contribution in [0.3, 0.4) is 0 Å². The van der Waals surface area contributed by atoms with E-state index in [-0.39, 0.29) is 0 Å². The molecule has 1 N–H and O–H groups in total. The highest BCUT2D eigenvalue weighted by Crippen LogP contribution is 2.36. The molecule has 1 aromatic carbocycles. The topological polar surface area (TPSA) is 15.3 Å². The molecule has 2 unspecified atom stereocenters.